The van der Waals surface area contributed by atoms with Gasteiger partial charge in [0.2, 0.25) is 0 Å². The van der Waals surface area contributed by atoms with Crippen LogP contribution in [0.15, 0.2) is 22.7 Å². The van der Waals surface area contributed by atoms with Crippen LogP contribution in [-0.4, -0.2) is 18.3 Å². The quantitative estimate of drug-likeness (QED) is 0.718. The number of benzene rings is 1. The Morgan fingerprint density at radius 3 is 2.00 bits per heavy atom. The van der Waals surface area contributed by atoms with Crippen molar-refractivity contribution in [3.63, 3.8) is 0 Å². The third-order valence-electron chi connectivity index (χ3n) is 3.82. The van der Waals surface area contributed by atoms with Crippen molar-refractivity contribution in [1.82, 2.24) is 0 Å². The predicted molar refractivity (Wildman–Crippen MR) is 74.9 cm³/mol. The summed E-state index contributed by atoms with van der Waals surface area (Å²) in [5.41, 5.74) is -1.53. The Kier molecular flexibility index (Phi) is 3.76. The first-order chi connectivity index (χ1) is 8.94. The summed E-state index contributed by atoms with van der Waals surface area (Å²) >= 11 is 2.92. The molecule has 1 saturated heterocycles. The van der Waals surface area contributed by atoms with Crippen molar-refractivity contribution in [1.29, 1.82) is 0 Å². The Hall–Kier alpha value is -0.525. The molecule has 1 fully saturated rings. The molecule has 0 aromatic heterocycles. The number of rotatable bonds is 1. The third kappa shape index (κ3) is 2.76. The van der Waals surface area contributed by atoms with Gasteiger partial charge in [-0.25, -0.2) is 0 Å². The molecule has 1 heterocycles. The van der Waals surface area contributed by atoms with Gasteiger partial charge < -0.3 is 9.31 Å². The minimum Gasteiger partial charge on any atom is -0.399 e. The van der Waals surface area contributed by atoms with Crippen LogP contribution in [-0.2, 0) is 15.5 Å². The summed E-state index contributed by atoms with van der Waals surface area (Å²) in [7, 11) is -0.797. The number of hydrogen-bond donors (Lipinski definition) is 0. The largest absolute Gasteiger partial charge is 0.494 e. The van der Waals surface area contributed by atoms with Crippen molar-refractivity contribution in [2.75, 3.05) is 0 Å². The SMILES string of the molecule is CC1(C)OB(c2ccc(Br)c(C(F)(F)F)c2)OC1(C)C. The highest BCUT2D eigenvalue weighted by Crippen LogP contribution is 2.38. The summed E-state index contributed by atoms with van der Waals surface area (Å²) in [5.74, 6) is 0. The lowest BCUT2D eigenvalue weighted by molar-refractivity contribution is -0.138. The Balaban J connectivity index is 2.37. The van der Waals surface area contributed by atoms with Crippen LogP contribution in [0.25, 0.3) is 0 Å². The minimum atomic E-state index is -4.42. The topological polar surface area (TPSA) is 18.5 Å². The fraction of sp³-hybridized carbons (Fsp3) is 0.538. The molecule has 110 valence electrons. The van der Waals surface area contributed by atoms with Gasteiger partial charge in [0.1, 0.15) is 0 Å². The van der Waals surface area contributed by atoms with Crippen LogP contribution in [0.1, 0.15) is 33.3 Å². The van der Waals surface area contributed by atoms with E-state index in [2.05, 4.69) is 15.9 Å². The molecule has 1 aromatic rings. The van der Waals surface area contributed by atoms with Gasteiger partial charge in [0, 0.05) is 4.47 Å². The van der Waals surface area contributed by atoms with E-state index in [0.717, 1.165) is 6.07 Å². The van der Waals surface area contributed by atoms with Crippen LogP contribution in [0.3, 0.4) is 0 Å². The Morgan fingerprint density at radius 2 is 1.55 bits per heavy atom. The molecule has 20 heavy (non-hydrogen) atoms. The molecule has 2 nitrogen and oxygen atoms in total. The van der Waals surface area contributed by atoms with Crippen LogP contribution in [0.2, 0.25) is 0 Å². The lowest BCUT2D eigenvalue weighted by Gasteiger charge is -2.32. The molecule has 1 aromatic carbocycles. The molecule has 0 aliphatic carbocycles. The first-order valence-electron chi connectivity index (χ1n) is 6.16. The summed E-state index contributed by atoms with van der Waals surface area (Å²) in [6.45, 7) is 7.43. The van der Waals surface area contributed by atoms with E-state index < -0.39 is 30.1 Å². The molecule has 1 aliphatic heterocycles. The molecule has 1 aliphatic rings. The highest BCUT2D eigenvalue weighted by molar-refractivity contribution is 9.10. The molecular formula is C13H15BBrF3O2. The predicted octanol–water partition coefficient (Wildman–Crippen LogP) is 3.77. The smallest absolute Gasteiger partial charge is 0.399 e. The fourth-order valence-corrected chi connectivity index (χ4v) is 2.36. The molecule has 7 heteroatoms. The van der Waals surface area contributed by atoms with Crippen molar-refractivity contribution >= 4 is 28.5 Å². The zero-order valence-electron chi connectivity index (χ0n) is 11.6. The van der Waals surface area contributed by atoms with E-state index in [9.17, 15) is 13.2 Å². The van der Waals surface area contributed by atoms with Gasteiger partial charge in [-0.15, -0.1) is 0 Å². The fourth-order valence-electron chi connectivity index (χ4n) is 1.89. The second kappa shape index (κ2) is 4.75. The standard InChI is InChI=1S/C13H15BBrF3O2/c1-11(2)12(3,4)20-14(19-11)8-5-6-10(15)9(7-8)13(16,17)18/h5-7H,1-4H3. The first kappa shape index (κ1) is 15.9. The van der Waals surface area contributed by atoms with Gasteiger partial charge in [-0.3, -0.25) is 0 Å². The summed E-state index contributed by atoms with van der Waals surface area (Å²) in [6, 6.07) is 4.00. The van der Waals surface area contributed by atoms with Gasteiger partial charge >= 0.3 is 13.3 Å². The van der Waals surface area contributed by atoms with E-state index in [4.69, 9.17) is 9.31 Å². The van der Waals surface area contributed by atoms with Crippen LogP contribution < -0.4 is 5.46 Å². The number of halogens is 4. The molecule has 0 saturated carbocycles. The van der Waals surface area contributed by atoms with Crippen molar-refractivity contribution in [3.05, 3.63) is 28.2 Å². The Morgan fingerprint density at radius 1 is 1.05 bits per heavy atom. The minimum absolute atomic E-state index is 0.00488. The zero-order chi connectivity index (χ0) is 15.3. The van der Waals surface area contributed by atoms with Gasteiger partial charge in [0.15, 0.2) is 0 Å². The van der Waals surface area contributed by atoms with Crippen molar-refractivity contribution in [3.8, 4) is 0 Å². The summed E-state index contributed by atoms with van der Waals surface area (Å²) < 4.78 is 50.2. The van der Waals surface area contributed by atoms with Crippen LogP contribution in [0.4, 0.5) is 13.2 Å². The molecule has 0 bridgehead atoms. The number of hydrogen-bond acceptors (Lipinski definition) is 2. The van der Waals surface area contributed by atoms with Gasteiger partial charge in [0.25, 0.3) is 0 Å². The summed E-state index contributed by atoms with van der Waals surface area (Å²) in [6.07, 6.45) is -4.42. The lowest BCUT2D eigenvalue weighted by Crippen LogP contribution is -2.41. The van der Waals surface area contributed by atoms with Crippen molar-refractivity contribution in [2.24, 2.45) is 0 Å². The van der Waals surface area contributed by atoms with Crippen molar-refractivity contribution < 1.29 is 22.5 Å². The van der Waals surface area contributed by atoms with Crippen LogP contribution >= 0.6 is 15.9 Å². The normalized spacial score (nSPS) is 21.3. The van der Waals surface area contributed by atoms with E-state index in [0.29, 0.717) is 5.46 Å². The van der Waals surface area contributed by atoms with Gasteiger partial charge in [-0.1, -0.05) is 22.0 Å². The maximum atomic E-state index is 12.9. The molecule has 0 atom stereocenters. The highest BCUT2D eigenvalue weighted by atomic mass is 79.9. The average molecular weight is 351 g/mol. The van der Waals surface area contributed by atoms with Gasteiger partial charge in [-0.05, 0) is 45.3 Å². The highest BCUT2D eigenvalue weighted by Gasteiger charge is 2.52. The Labute approximate surface area is 124 Å². The van der Waals surface area contributed by atoms with E-state index in [-0.39, 0.29) is 4.47 Å². The second-order valence-corrected chi connectivity index (χ2v) is 6.68. The van der Waals surface area contributed by atoms with E-state index >= 15 is 0 Å². The summed E-state index contributed by atoms with van der Waals surface area (Å²) in [4.78, 5) is 0. The van der Waals surface area contributed by atoms with E-state index in [1.807, 2.05) is 27.7 Å². The molecule has 2 rings (SSSR count). The van der Waals surface area contributed by atoms with Crippen LogP contribution in [0.5, 0.6) is 0 Å². The molecule has 0 unspecified atom stereocenters. The molecule has 0 spiro atoms. The van der Waals surface area contributed by atoms with Crippen molar-refractivity contribution in [2.45, 2.75) is 45.1 Å². The number of alkyl halides is 3. The van der Waals surface area contributed by atoms with Crippen LogP contribution in [0, 0.1) is 0 Å². The molecule has 0 amide bonds. The average Bonchev–Trinajstić information content (AvgIpc) is 2.47. The maximum absolute atomic E-state index is 12.9. The molecule has 0 radical (unpaired) electrons. The zero-order valence-corrected chi connectivity index (χ0v) is 13.2. The monoisotopic (exact) mass is 350 g/mol. The lowest BCUT2D eigenvalue weighted by atomic mass is 9.78. The first-order valence-corrected chi connectivity index (χ1v) is 6.96. The van der Waals surface area contributed by atoms with Gasteiger partial charge in [0.05, 0.1) is 16.8 Å². The van der Waals surface area contributed by atoms with Gasteiger partial charge in [-0.2, -0.15) is 13.2 Å². The van der Waals surface area contributed by atoms with E-state index in [1.165, 1.54) is 6.07 Å². The third-order valence-corrected chi connectivity index (χ3v) is 4.51. The Bertz CT molecular complexity index is 513. The second-order valence-electron chi connectivity index (χ2n) is 5.83. The molecular weight excluding hydrogens is 336 g/mol. The summed E-state index contributed by atoms with van der Waals surface area (Å²) in [5, 5.41) is 0. The maximum Gasteiger partial charge on any atom is 0.494 e. The molecule has 0 N–H and O–H groups in total. The van der Waals surface area contributed by atoms with E-state index in [1.54, 1.807) is 6.07 Å².